The lowest BCUT2D eigenvalue weighted by molar-refractivity contribution is 0.0962. The van der Waals surface area contributed by atoms with Gasteiger partial charge in [-0.3, -0.25) is 14.3 Å². The highest BCUT2D eigenvalue weighted by atomic mass is 32.2. The van der Waals surface area contributed by atoms with Crippen molar-refractivity contribution in [3.8, 4) is 11.5 Å². The maximum Gasteiger partial charge on any atom is 0.262 e. The minimum absolute atomic E-state index is 0.0207. The van der Waals surface area contributed by atoms with E-state index in [1.807, 2.05) is 0 Å². The standard InChI is InChI=1S/C24H23N3O6S/c1-15-13-16(23(28)25-2)7-9-19(15)26-24(29)18-5-3-4-6-20(18)27-34(30,31)17-8-10-21-22(14-17)33-12-11-32-21/h3-10,13-14,27H,11-12H2,1-2H3,(H,25,28)(H,26,29). The summed E-state index contributed by atoms with van der Waals surface area (Å²) in [6.45, 7) is 2.49. The summed E-state index contributed by atoms with van der Waals surface area (Å²) in [4.78, 5) is 24.8. The maximum absolute atomic E-state index is 13.0. The number of rotatable bonds is 6. The molecule has 4 rings (SSSR count). The zero-order valence-corrected chi connectivity index (χ0v) is 19.4. The predicted octanol–water partition coefficient (Wildman–Crippen LogP) is 3.18. The van der Waals surface area contributed by atoms with Gasteiger partial charge in [-0.05, 0) is 55.0 Å². The van der Waals surface area contributed by atoms with Crippen LogP contribution in [-0.4, -0.2) is 40.5 Å². The van der Waals surface area contributed by atoms with E-state index in [1.54, 1.807) is 37.3 Å². The van der Waals surface area contributed by atoms with Crippen LogP contribution in [0.5, 0.6) is 11.5 Å². The molecule has 0 aromatic heterocycles. The van der Waals surface area contributed by atoms with E-state index in [1.165, 1.54) is 37.4 Å². The number of anilines is 2. The molecular formula is C24H23N3O6S. The first-order chi connectivity index (χ1) is 16.3. The van der Waals surface area contributed by atoms with Gasteiger partial charge in [0.05, 0.1) is 16.1 Å². The highest BCUT2D eigenvalue weighted by Gasteiger charge is 2.22. The lowest BCUT2D eigenvalue weighted by atomic mass is 10.1. The van der Waals surface area contributed by atoms with E-state index in [9.17, 15) is 18.0 Å². The van der Waals surface area contributed by atoms with Gasteiger partial charge in [0.1, 0.15) is 13.2 Å². The van der Waals surface area contributed by atoms with Crippen LogP contribution in [0.4, 0.5) is 11.4 Å². The van der Waals surface area contributed by atoms with Crippen molar-refractivity contribution in [2.75, 3.05) is 30.3 Å². The molecule has 3 aromatic rings. The van der Waals surface area contributed by atoms with Gasteiger partial charge < -0.3 is 20.1 Å². The second-order valence-electron chi connectivity index (χ2n) is 7.52. The molecule has 0 aliphatic carbocycles. The second-order valence-corrected chi connectivity index (χ2v) is 9.20. The van der Waals surface area contributed by atoms with Crippen LogP contribution in [0, 0.1) is 6.92 Å². The molecule has 3 aromatic carbocycles. The van der Waals surface area contributed by atoms with E-state index in [4.69, 9.17) is 9.47 Å². The van der Waals surface area contributed by atoms with Gasteiger partial charge in [-0.25, -0.2) is 8.42 Å². The normalized spacial score (nSPS) is 12.5. The minimum Gasteiger partial charge on any atom is -0.486 e. The topological polar surface area (TPSA) is 123 Å². The first-order valence-corrected chi connectivity index (χ1v) is 11.9. The summed E-state index contributed by atoms with van der Waals surface area (Å²) in [6, 6.07) is 15.5. The Morgan fingerprint density at radius 3 is 2.32 bits per heavy atom. The number of carbonyl (C=O) groups excluding carboxylic acids is 2. The zero-order chi connectivity index (χ0) is 24.3. The Balaban J connectivity index is 1.57. The Labute approximate surface area is 197 Å². The van der Waals surface area contributed by atoms with Gasteiger partial charge in [0.2, 0.25) is 0 Å². The van der Waals surface area contributed by atoms with E-state index in [0.717, 1.165) is 0 Å². The first-order valence-electron chi connectivity index (χ1n) is 10.4. The Bertz CT molecular complexity index is 1370. The van der Waals surface area contributed by atoms with Gasteiger partial charge in [-0.2, -0.15) is 0 Å². The number of ether oxygens (including phenoxy) is 2. The Morgan fingerprint density at radius 1 is 0.853 bits per heavy atom. The van der Waals surface area contributed by atoms with Crippen molar-refractivity contribution in [2.24, 2.45) is 0 Å². The van der Waals surface area contributed by atoms with Crippen LogP contribution in [0.25, 0.3) is 0 Å². The van der Waals surface area contributed by atoms with Crippen molar-refractivity contribution in [3.63, 3.8) is 0 Å². The number of hydrogen-bond donors (Lipinski definition) is 3. The van der Waals surface area contributed by atoms with Gasteiger partial charge in [0.25, 0.3) is 21.8 Å². The SMILES string of the molecule is CNC(=O)c1ccc(NC(=O)c2ccccc2NS(=O)(=O)c2ccc3c(c2)OCCO3)c(C)c1. The van der Waals surface area contributed by atoms with Crippen LogP contribution >= 0.6 is 0 Å². The number of benzene rings is 3. The molecule has 2 amide bonds. The number of hydrogen-bond acceptors (Lipinski definition) is 6. The first kappa shape index (κ1) is 23.1. The molecular weight excluding hydrogens is 458 g/mol. The van der Waals surface area contributed by atoms with Gasteiger partial charge in [-0.15, -0.1) is 0 Å². The third-order valence-electron chi connectivity index (χ3n) is 5.20. The summed E-state index contributed by atoms with van der Waals surface area (Å²) < 4.78 is 39.5. The second kappa shape index (κ2) is 9.44. The highest BCUT2D eigenvalue weighted by Crippen LogP contribution is 2.33. The van der Waals surface area contributed by atoms with Crippen molar-refractivity contribution < 1.29 is 27.5 Å². The number of carbonyl (C=O) groups is 2. The van der Waals surface area contributed by atoms with Crippen LogP contribution in [0.1, 0.15) is 26.3 Å². The fourth-order valence-corrected chi connectivity index (χ4v) is 4.54. The van der Waals surface area contributed by atoms with Crippen LogP contribution < -0.4 is 24.8 Å². The largest absolute Gasteiger partial charge is 0.486 e. The molecule has 0 fully saturated rings. The van der Waals surface area contributed by atoms with Crippen molar-refractivity contribution in [1.82, 2.24) is 5.32 Å². The monoisotopic (exact) mass is 481 g/mol. The van der Waals surface area contributed by atoms with E-state index in [2.05, 4.69) is 15.4 Å². The molecule has 34 heavy (non-hydrogen) atoms. The summed E-state index contributed by atoms with van der Waals surface area (Å²) in [5.41, 5.74) is 1.91. The van der Waals surface area contributed by atoms with E-state index in [0.29, 0.717) is 41.5 Å². The average Bonchev–Trinajstić information content (AvgIpc) is 2.84. The van der Waals surface area contributed by atoms with Crippen LogP contribution in [0.2, 0.25) is 0 Å². The maximum atomic E-state index is 13.0. The molecule has 9 nitrogen and oxygen atoms in total. The predicted molar refractivity (Wildman–Crippen MR) is 127 cm³/mol. The lowest BCUT2D eigenvalue weighted by Crippen LogP contribution is -2.20. The Kier molecular flexibility index (Phi) is 6.42. The van der Waals surface area contributed by atoms with E-state index in [-0.39, 0.29) is 22.1 Å². The molecule has 176 valence electrons. The quantitative estimate of drug-likeness (QED) is 0.497. The highest BCUT2D eigenvalue weighted by molar-refractivity contribution is 7.92. The van der Waals surface area contributed by atoms with Crippen LogP contribution in [-0.2, 0) is 10.0 Å². The minimum atomic E-state index is -4.01. The molecule has 0 spiro atoms. The Morgan fingerprint density at radius 2 is 1.59 bits per heavy atom. The number of para-hydroxylation sites is 1. The van der Waals surface area contributed by atoms with Crippen molar-refractivity contribution in [3.05, 3.63) is 77.4 Å². The molecule has 1 aliphatic heterocycles. The van der Waals surface area contributed by atoms with Crippen LogP contribution in [0.15, 0.2) is 65.6 Å². The Hall–Kier alpha value is -4.05. The van der Waals surface area contributed by atoms with Crippen molar-refractivity contribution in [2.45, 2.75) is 11.8 Å². The number of fused-ring (bicyclic) bond motifs is 1. The lowest BCUT2D eigenvalue weighted by Gasteiger charge is -2.19. The molecule has 0 unspecified atom stereocenters. The number of amides is 2. The molecule has 0 saturated heterocycles. The third kappa shape index (κ3) is 4.81. The van der Waals surface area contributed by atoms with Crippen molar-refractivity contribution >= 4 is 33.2 Å². The number of aryl methyl sites for hydroxylation is 1. The van der Waals surface area contributed by atoms with Gasteiger partial charge in [0, 0.05) is 24.4 Å². The fraction of sp³-hybridized carbons (Fsp3) is 0.167. The average molecular weight is 482 g/mol. The molecule has 0 bridgehead atoms. The van der Waals surface area contributed by atoms with E-state index >= 15 is 0 Å². The van der Waals surface area contributed by atoms with Gasteiger partial charge in [0.15, 0.2) is 11.5 Å². The fourth-order valence-electron chi connectivity index (χ4n) is 3.44. The summed E-state index contributed by atoms with van der Waals surface area (Å²) >= 11 is 0. The summed E-state index contributed by atoms with van der Waals surface area (Å²) in [5, 5.41) is 5.32. The molecule has 0 radical (unpaired) electrons. The number of nitrogens with one attached hydrogen (secondary N) is 3. The third-order valence-corrected chi connectivity index (χ3v) is 6.57. The zero-order valence-electron chi connectivity index (χ0n) is 18.5. The van der Waals surface area contributed by atoms with Gasteiger partial charge >= 0.3 is 0 Å². The number of sulfonamides is 1. The summed E-state index contributed by atoms with van der Waals surface area (Å²) in [7, 11) is -2.47. The van der Waals surface area contributed by atoms with Crippen molar-refractivity contribution in [1.29, 1.82) is 0 Å². The van der Waals surface area contributed by atoms with Crippen LogP contribution in [0.3, 0.4) is 0 Å². The van der Waals surface area contributed by atoms with Gasteiger partial charge in [-0.1, -0.05) is 12.1 Å². The molecule has 0 saturated carbocycles. The summed E-state index contributed by atoms with van der Waals surface area (Å²) in [6.07, 6.45) is 0. The smallest absolute Gasteiger partial charge is 0.262 e. The molecule has 0 atom stereocenters. The molecule has 3 N–H and O–H groups in total. The molecule has 1 aliphatic rings. The van der Waals surface area contributed by atoms with E-state index < -0.39 is 15.9 Å². The molecule has 1 heterocycles. The summed E-state index contributed by atoms with van der Waals surface area (Å²) in [5.74, 6) is 0.0785. The molecule has 10 heteroatoms.